The number of benzene rings is 2. The Hall–Kier alpha value is -6.10. The van der Waals surface area contributed by atoms with Crippen molar-refractivity contribution in [2.45, 2.75) is 125 Å². The van der Waals surface area contributed by atoms with Gasteiger partial charge in [0, 0.05) is 68.9 Å². The molecule has 3 N–H and O–H groups in total. The van der Waals surface area contributed by atoms with Gasteiger partial charge in [0.15, 0.2) is 0 Å². The normalized spacial score (nSPS) is 29.6. The number of amides is 1. The first-order valence-electron chi connectivity index (χ1n) is 23.8. The standard InChI is InChI=1S/C53H66N2O14/c1-11-12-26-65-36-21-19-35(20-22-36)52(63)68-48-33(7)49-40-38-39(48)45(59)41(42(46(38)60)55-24-14-13-15-25-55)54-51(62)29(3)18-16-17-28(2)43(57)31(5)44(58)32(6)47(67-34(8)56)30(4)37(64-10)23-27-66-53(9,69-49)50(40)61/h16-23,27-28,30-32,37,43-44,47,57-58H,11-15,24-26H2,1-10H3,(H,54,62)/b17-16+,27-23+,29-18-/t28-,30+,31+,32-,37-,43-,44-,47+,53-/m0/s1. The Morgan fingerprint density at radius 3 is 2.20 bits per heavy atom. The number of fused-ring (bicyclic) bond motifs is 14. The Kier molecular flexibility index (Phi) is 16.8. The number of nitrogens with one attached hydrogen (secondary N) is 1. The van der Waals surface area contributed by atoms with Crippen molar-refractivity contribution < 1.29 is 67.4 Å². The fourth-order valence-corrected chi connectivity index (χ4v) is 9.38. The molecular formula is C53H66N2O14. The highest BCUT2D eigenvalue weighted by molar-refractivity contribution is 6.32. The quantitative estimate of drug-likeness (QED) is 0.130. The molecule has 2 aromatic rings. The minimum atomic E-state index is -2.15. The Morgan fingerprint density at radius 2 is 1.57 bits per heavy atom. The molecule has 0 spiro atoms. The third kappa shape index (κ3) is 10.9. The monoisotopic (exact) mass is 954 g/mol. The molecule has 0 radical (unpaired) electrons. The molecule has 16 nitrogen and oxygen atoms in total. The third-order valence-electron chi connectivity index (χ3n) is 13.6. The van der Waals surface area contributed by atoms with Crippen LogP contribution in [0, 0.1) is 30.6 Å². The summed E-state index contributed by atoms with van der Waals surface area (Å²) in [6, 6.07) is 6.24. The smallest absolute Gasteiger partial charge is 0.343 e. The van der Waals surface area contributed by atoms with Crippen LogP contribution in [0.15, 0.2) is 71.8 Å². The molecule has 5 bridgehead atoms. The number of aliphatic hydroxyl groups is 2. The second-order valence-corrected chi connectivity index (χ2v) is 18.7. The van der Waals surface area contributed by atoms with Gasteiger partial charge >= 0.3 is 17.7 Å². The van der Waals surface area contributed by atoms with Crippen LogP contribution in [0.5, 0.6) is 17.2 Å². The fourth-order valence-electron chi connectivity index (χ4n) is 9.38. The van der Waals surface area contributed by atoms with Crippen molar-refractivity contribution in [3.05, 3.63) is 99.6 Å². The van der Waals surface area contributed by atoms with E-state index in [-0.39, 0.29) is 50.7 Å². The Labute approximate surface area is 403 Å². The van der Waals surface area contributed by atoms with E-state index < -0.39 is 94.6 Å². The van der Waals surface area contributed by atoms with Crippen molar-refractivity contribution in [2.75, 3.05) is 26.8 Å². The Bertz CT molecular complexity index is 2450. The molecule has 0 saturated carbocycles. The van der Waals surface area contributed by atoms with Gasteiger partial charge in [0.05, 0.1) is 53.4 Å². The summed E-state index contributed by atoms with van der Waals surface area (Å²) in [7, 11) is 1.43. The number of hydrogen-bond donors (Lipinski definition) is 3. The van der Waals surface area contributed by atoms with E-state index in [0.717, 1.165) is 19.3 Å². The average molecular weight is 955 g/mol. The first kappa shape index (κ1) is 52.3. The van der Waals surface area contributed by atoms with Gasteiger partial charge in [0.25, 0.3) is 11.7 Å². The molecule has 2 aromatic carbocycles. The topological polar surface area (TPSA) is 214 Å². The lowest BCUT2D eigenvalue weighted by atomic mass is 9.78. The van der Waals surface area contributed by atoms with Crippen LogP contribution < -0.4 is 19.5 Å². The number of aliphatic hydroxyl groups excluding tert-OH is 2. The van der Waals surface area contributed by atoms with Crippen LogP contribution in [-0.2, 0) is 23.8 Å². The van der Waals surface area contributed by atoms with Gasteiger partial charge in [-0.1, -0.05) is 59.3 Å². The van der Waals surface area contributed by atoms with Crippen LogP contribution in [0.1, 0.15) is 134 Å². The molecule has 1 fully saturated rings. The third-order valence-corrected chi connectivity index (χ3v) is 13.6. The Morgan fingerprint density at radius 1 is 0.884 bits per heavy atom. The highest BCUT2D eigenvalue weighted by atomic mass is 16.7. The molecule has 1 amide bonds. The maximum atomic E-state index is 15.3. The van der Waals surface area contributed by atoms with Crippen molar-refractivity contribution in [3.8, 4) is 17.2 Å². The molecular weight excluding hydrogens is 889 g/mol. The van der Waals surface area contributed by atoms with Gasteiger partial charge in [-0.25, -0.2) is 4.79 Å². The number of rotatable bonds is 9. The summed E-state index contributed by atoms with van der Waals surface area (Å²) < 4.78 is 35.9. The van der Waals surface area contributed by atoms with Crippen LogP contribution >= 0.6 is 0 Å². The number of methoxy groups -OCH3 is 1. The molecule has 0 aromatic heterocycles. The number of ketones is 3. The maximum Gasteiger partial charge on any atom is 0.343 e. The molecule has 0 unspecified atom stereocenters. The minimum absolute atomic E-state index is 0.0342. The van der Waals surface area contributed by atoms with E-state index in [0.29, 0.717) is 38.3 Å². The predicted molar refractivity (Wildman–Crippen MR) is 254 cm³/mol. The SMILES string of the molecule is CCCCOc1ccc(C(=O)Oc2c(C)c3c4c5c2C(=O)C(=C(N2CCCCC2)C5=O)NC(=O)/C(C)=C\C=C\[C@H](C)[C@H](O)[C@@H](C)[C@H](O)[C@H](C)[C@H](OC(C)=O)[C@H](C)[C@@H](OC)/C=C/O[C@@](C)(O3)C4=O)cc1. The molecule has 9 atom stereocenters. The zero-order valence-electron chi connectivity index (χ0n) is 41.2. The number of ether oxygens (including phenoxy) is 6. The predicted octanol–water partition coefficient (Wildman–Crippen LogP) is 7.14. The number of carbonyl (C=O) groups excluding carboxylic acids is 6. The number of unbranched alkanes of at least 4 members (excludes halogenated alkanes) is 1. The number of likely N-dealkylation sites (tertiary alicyclic amines) is 1. The lowest BCUT2D eigenvalue weighted by Gasteiger charge is -2.38. The van der Waals surface area contributed by atoms with Crippen molar-refractivity contribution >= 4 is 35.2 Å². The van der Waals surface area contributed by atoms with Gasteiger partial charge < -0.3 is 48.9 Å². The van der Waals surface area contributed by atoms with Crippen molar-refractivity contribution in [2.24, 2.45) is 23.7 Å². The summed E-state index contributed by atoms with van der Waals surface area (Å²) in [6.45, 7) is 15.8. The van der Waals surface area contributed by atoms with E-state index >= 15 is 9.59 Å². The lowest BCUT2D eigenvalue weighted by molar-refractivity contribution is -0.160. The second kappa shape index (κ2) is 22.1. The lowest BCUT2D eigenvalue weighted by Crippen LogP contribution is -2.46. The molecule has 4 aliphatic heterocycles. The second-order valence-electron chi connectivity index (χ2n) is 18.7. The van der Waals surface area contributed by atoms with Crippen molar-refractivity contribution in [3.63, 3.8) is 0 Å². The first-order valence-corrected chi connectivity index (χ1v) is 23.8. The van der Waals surface area contributed by atoms with Crippen LogP contribution in [0.2, 0.25) is 0 Å². The summed E-state index contributed by atoms with van der Waals surface area (Å²) in [5.41, 5.74) is -1.25. The van der Waals surface area contributed by atoms with E-state index in [1.165, 1.54) is 65.4 Å². The van der Waals surface area contributed by atoms with Gasteiger partial charge in [-0.15, -0.1) is 0 Å². The van der Waals surface area contributed by atoms with E-state index in [9.17, 15) is 29.4 Å². The summed E-state index contributed by atoms with van der Waals surface area (Å²) in [5, 5.41) is 25.8. The molecule has 7 rings (SSSR count). The molecule has 16 heteroatoms. The summed E-state index contributed by atoms with van der Waals surface area (Å²) in [6.07, 6.45) is 7.39. The van der Waals surface area contributed by atoms with E-state index in [2.05, 4.69) is 5.32 Å². The van der Waals surface area contributed by atoms with E-state index in [1.54, 1.807) is 56.9 Å². The Balaban J connectivity index is 1.53. The number of nitrogens with zero attached hydrogens (tertiary/aromatic N) is 1. The van der Waals surface area contributed by atoms with Crippen LogP contribution in [0.4, 0.5) is 0 Å². The fraction of sp³-hybridized carbons (Fsp3) is 0.509. The zero-order chi connectivity index (χ0) is 50.5. The molecule has 1 saturated heterocycles. The minimum Gasteiger partial charge on any atom is -0.494 e. The van der Waals surface area contributed by atoms with Gasteiger partial charge in [0.2, 0.25) is 11.6 Å². The number of piperidine rings is 1. The van der Waals surface area contributed by atoms with Gasteiger partial charge in [-0.3, -0.25) is 24.0 Å². The molecule has 372 valence electrons. The van der Waals surface area contributed by atoms with Crippen molar-refractivity contribution in [1.29, 1.82) is 0 Å². The summed E-state index contributed by atoms with van der Waals surface area (Å²) in [5.74, 6) is -9.39. The van der Waals surface area contributed by atoms with E-state index in [1.807, 2.05) is 6.92 Å². The summed E-state index contributed by atoms with van der Waals surface area (Å²) in [4.78, 5) is 87.9. The van der Waals surface area contributed by atoms with Gasteiger partial charge in [-0.2, -0.15) is 0 Å². The number of Topliss-reactive ketones (excluding diaryl/α,β-unsaturated/α-hetero) is 3. The largest absolute Gasteiger partial charge is 0.494 e. The van der Waals surface area contributed by atoms with Crippen LogP contribution in [0.25, 0.3) is 0 Å². The van der Waals surface area contributed by atoms with Crippen molar-refractivity contribution in [1.82, 2.24) is 10.2 Å². The van der Waals surface area contributed by atoms with Crippen LogP contribution in [0.3, 0.4) is 0 Å². The van der Waals surface area contributed by atoms with Gasteiger partial charge in [-0.05, 0) is 69.9 Å². The maximum absolute atomic E-state index is 15.3. The molecule has 4 heterocycles. The number of carbonyl (C=O) groups is 6. The molecule has 5 aliphatic rings. The average Bonchev–Trinajstić information content (AvgIpc) is 3.60. The number of esters is 2. The highest BCUT2D eigenvalue weighted by Crippen LogP contribution is 2.50. The van der Waals surface area contributed by atoms with E-state index in [4.69, 9.17) is 28.4 Å². The zero-order valence-corrected chi connectivity index (χ0v) is 41.2. The first-order chi connectivity index (χ1) is 32.8. The van der Waals surface area contributed by atoms with Crippen LogP contribution in [-0.4, -0.2) is 107 Å². The number of allylic oxidation sites excluding steroid dienone is 4. The molecule has 69 heavy (non-hydrogen) atoms. The highest BCUT2D eigenvalue weighted by Gasteiger charge is 2.53. The number of hydrogen-bond acceptors (Lipinski definition) is 15. The molecule has 1 aliphatic carbocycles. The van der Waals surface area contributed by atoms with Gasteiger partial charge in [0.1, 0.15) is 34.7 Å². The summed E-state index contributed by atoms with van der Waals surface area (Å²) >= 11 is 0.